The molecule has 1 N–H and O–H groups in total. The Morgan fingerprint density at radius 1 is 1.38 bits per heavy atom. The third-order valence-electron chi connectivity index (χ3n) is 4.45. The third-order valence-corrected chi connectivity index (χ3v) is 4.45. The standard InChI is InChI=1S/C18H19N5O3/c1-23-14-7-16(22-17(24)5-11-9-26-10-11)20-8-12(14)6-15(23)13-3-4-19-18(21-13)25-2/h3-4,6-8,11H,5,9-10H2,1-2H3,(H,20,22,24). The second-order valence-electron chi connectivity index (χ2n) is 6.30. The lowest BCUT2D eigenvalue weighted by Crippen LogP contribution is -2.31. The Morgan fingerprint density at radius 3 is 2.96 bits per heavy atom. The fourth-order valence-corrected chi connectivity index (χ4v) is 2.99. The van der Waals surface area contributed by atoms with Crippen LogP contribution in [0.15, 0.2) is 30.6 Å². The molecular formula is C18H19N5O3. The van der Waals surface area contributed by atoms with Crippen LogP contribution in [0, 0.1) is 5.92 Å². The van der Waals surface area contributed by atoms with Gasteiger partial charge in [0.25, 0.3) is 0 Å². The maximum atomic E-state index is 12.1. The van der Waals surface area contributed by atoms with E-state index in [0.717, 1.165) is 22.3 Å². The van der Waals surface area contributed by atoms with E-state index in [1.165, 1.54) is 7.11 Å². The van der Waals surface area contributed by atoms with Gasteiger partial charge < -0.3 is 19.4 Å². The number of hydrogen-bond acceptors (Lipinski definition) is 6. The van der Waals surface area contributed by atoms with E-state index in [1.54, 1.807) is 12.4 Å². The fraction of sp³-hybridized carbons (Fsp3) is 0.333. The minimum absolute atomic E-state index is 0.0416. The number of carbonyl (C=O) groups excluding carboxylic acids is 1. The van der Waals surface area contributed by atoms with E-state index >= 15 is 0 Å². The second-order valence-corrected chi connectivity index (χ2v) is 6.30. The van der Waals surface area contributed by atoms with Gasteiger partial charge in [0.05, 0.1) is 37.2 Å². The summed E-state index contributed by atoms with van der Waals surface area (Å²) in [5, 5.41) is 3.83. The maximum Gasteiger partial charge on any atom is 0.316 e. The van der Waals surface area contributed by atoms with Crippen molar-refractivity contribution in [3.63, 3.8) is 0 Å². The smallest absolute Gasteiger partial charge is 0.316 e. The molecule has 0 radical (unpaired) electrons. The monoisotopic (exact) mass is 353 g/mol. The number of carbonyl (C=O) groups is 1. The normalized spacial score (nSPS) is 14.2. The molecule has 0 saturated carbocycles. The summed E-state index contributed by atoms with van der Waals surface area (Å²) in [6, 6.07) is 6.01. The molecule has 26 heavy (non-hydrogen) atoms. The van der Waals surface area contributed by atoms with E-state index in [1.807, 2.05) is 29.8 Å². The van der Waals surface area contributed by atoms with Gasteiger partial charge in [0, 0.05) is 43.2 Å². The number of methoxy groups -OCH3 is 1. The van der Waals surface area contributed by atoms with Gasteiger partial charge in [-0.3, -0.25) is 4.79 Å². The quantitative estimate of drug-likeness (QED) is 0.754. The molecule has 0 aliphatic carbocycles. The largest absolute Gasteiger partial charge is 0.467 e. The lowest BCUT2D eigenvalue weighted by atomic mass is 10.0. The Morgan fingerprint density at radius 2 is 2.23 bits per heavy atom. The van der Waals surface area contributed by atoms with Crippen molar-refractivity contribution in [3.8, 4) is 17.4 Å². The summed E-state index contributed by atoms with van der Waals surface area (Å²) in [4.78, 5) is 24.9. The highest BCUT2D eigenvalue weighted by molar-refractivity contribution is 5.93. The molecule has 0 aromatic carbocycles. The van der Waals surface area contributed by atoms with Crippen molar-refractivity contribution in [2.24, 2.45) is 13.0 Å². The molecule has 1 aliphatic heterocycles. The van der Waals surface area contributed by atoms with Gasteiger partial charge in [-0.05, 0) is 12.1 Å². The van der Waals surface area contributed by atoms with Crippen LogP contribution in [-0.2, 0) is 16.6 Å². The Balaban J connectivity index is 1.61. The van der Waals surface area contributed by atoms with E-state index in [-0.39, 0.29) is 5.91 Å². The van der Waals surface area contributed by atoms with Crippen LogP contribution in [0.25, 0.3) is 22.3 Å². The van der Waals surface area contributed by atoms with Crippen LogP contribution in [0.1, 0.15) is 6.42 Å². The molecule has 8 heteroatoms. The van der Waals surface area contributed by atoms with Crippen LogP contribution in [0.4, 0.5) is 5.82 Å². The lowest BCUT2D eigenvalue weighted by Gasteiger charge is -2.24. The number of aryl methyl sites for hydroxylation is 1. The number of nitrogens with one attached hydrogen (secondary N) is 1. The molecular weight excluding hydrogens is 334 g/mol. The van der Waals surface area contributed by atoms with Gasteiger partial charge in [0.1, 0.15) is 5.82 Å². The minimum atomic E-state index is -0.0416. The summed E-state index contributed by atoms with van der Waals surface area (Å²) in [6.07, 6.45) is 3.87. The van der Waals surface area contributed by atoms with Gasteiger partial charge in [0.15, 0.2) is 0 Å². The van der Waals surface area contributed by atoms with E-state index in [4.69, 9.17) is 9.47 Å². The third kappa shape index (κ3) is 3.11. The topological polar surface area (TPSA) is 91.2 Å². The molecule has 1 amide bonds. The first-order valence-electron chi connectivity index (χ1n) is 8.34. The first-order chi connectivity index (χ1) is 12.6. The Bertz CT molecular complexity index is 965. The van der Waals surface area contributed by atoms with Crippen molar-refractivity contribution in [1.82, 2.24) is 19.5 Å². The van der Waals surface area contributed by atoms with Gasteiger partial charge in [0.2, 0.25) is 5.91 Å². The molecule has 1 fully saturated rings. The minimum Gasteiger partial charge on any atom is -0.467 e. The maximum absolute atomic E-state index is 12.1. The van der Waals surface area contributed by atoms with Crippen molar-refractivity contribution in [2.75, 3.05) is 25.6 Å². The fourth-order valence-electron chi connectivity index (χ4n) is 2.99. The van der Waals surface area contributed by atoms with Crippen molar-refractivity contribution >= 4 is 22.6 Å². The summed E-state index contributed by atoms with van der Waals surface area (Å²) in [5.74, 6) is 0.809. The molecule has 3 aromatic heterocycles. The number of amides is 1. The summed E-state index contributed by atoms with van der Waals surface area (Å²) < 4.78 is 12.2. The average Bonchev–Trinajstić information content (AvgIpc) is 2.95. The molecule has 1 aliphatic rings. The number of aromatic nitrogens is 4. The van der Waals surface area contributed by atoms with Crippen LogP contribution >= 0.6 is 0 Å². The van der Waals surface area contributed by atoms with Gasteiger partial charge in [-0.25, -0.2) is 9.97 Å². The number of pyridine rings is 1. The zero-order valence-corrected chi connectivity index (χ0v) is 14.6. The van der Waals surface area contributed by atoms with Crippen molar-refractivity contribution in [3.05, 3.63) is 30.6 Å². The predicted octanol–water partition coefficient (Wildman–Crippen LogP) is 2.01. The number of anilines is 1. The molecule has 4 heterocycles. The highest BCUT2D eigenvalue weighted by atomic mass is 16.5. The Kier molecular flexibility index (Phi) is 4.26. The first kappa shape index (κ1) is 16.5. The number of rotatable bonds is 5. The van der Waals surface area contributed by atoms with Gasteiger partial charge in [-0.15, -0.1) is 0 Å². The van der Waals surface area contributed by atoms with E-state index < -0.39 is 0 Å². The van der Waals surface area contributed by atoms with Crippen molar-refractivity contribution in [2.45, 2.75) is 6.42 Å². The molecule has 0 bridgehead atoms. The van der Waals surface area contributed by atoms with E-state index in [0.29, 0.717) is 37.4 Å². The average molecular weight is 353 g/mol. The molecule has 8 nitrogen and oxygen atoms in total. The van der Waals surface area contributed by atoms with Crippen molar-refractivity contribution in [1.29, 1.82) is 0 Å². The van der Waals surface area contributed by atoms with Crippen LogP contribution in [0.5, 0.6) is 6.01 Å². The molecule has 3 aromatic rings. The summed E-state index contributed by atoms with van der Waals surface area (Å²) in [7, 11) is 3.48. The number of fused-ring (bicyclic) bond motifs is 1. The zero-order chi connectivity index (χ0) is 18.1. The number of hydrogen-bond donors (Lipinski definition) is 1. The lowest BCUT2D eigenvalue weighted by molar-refractivity contribution is -0.121. The number of nitrogens with zero attached hydrogens (tertiary/aromatic N) is 4. The summed E-state index contributed by atoms with van der Waals surface area (Å²) in [5.41, 5.74) is 2.62. The Hall–Kier alpha value is -3.00. The van der Waals surface area contributed by atoms with E-state index in [9.17, 15) is 4.79 Å². The molecule has 4 rings (SSSR count). The van der Waals surface area contributed by atoms with E-state index in [2.05, 4.69) is 20.3 Å². The van der Waals surface area contributed by atoms with Crippen LogP contribution in [0.3, 0.4) is 0 Å². The predicted molar refractivity (Wildman–Crippen MR) is 95.8 cm³/mol. The summed E-state index contributed by atoms with van der Waals surface area (Å²) in [6.45, 7) is 1.31. The molecule has 0 atom stereocenters. The van der Waals surface area contributed by atoms with Crippen LogP contribution in [0.2, 0.25) is 0 Å². The van der Waals surface area contributed by atoms with Crippen molar-refractivity contribution < 1.29 is 14.3 Å². The molecule has 0 unspecified atom stereocenters. The van der Waals surface area contributed by atoms with Crippen LogP contribution < -0.4 is 10.1 Å². The SMILES string of the molecule is COc1nccc(-c2cc3cnc(NC(=O)CC4COC4)cc3n2C)n1. The second kappa shape index (κ2) is 6.72. The van der Waals surface area contributed by atoms with Gasteiger partial charge in [-0.2, -0.15) is 4.98 Å². The van der Waals surface area contributed by atoms with Gasteiger partial charge in [-0.1, -0.05) is 0 Å². The van der Waals surface area contributed by atoms with Crippen LogP contribution in [-0.4, -0.2) is 45.7 Å². The molecule has 134 valence electrons. The molecule has 0 spiro atoms. The van der Waals surface area contributed by atoms with Gasteiger partial charge >= 0.3 is 6.01 Å². The summed E-state index contributed by atoms with van der Waals surface area (Å²) >= 11 is 0. The first-order valence-corrected chi connectivity index (χ1v) is 8.34. The molecule has 1 saturated heterocycles. The zero-order valence-electron chi connectivity index (χ0n) is 14.6. The number of ether oxygens (including phenoxy) is 2. The highest BCUT2D eigenvalue weighted by Gasteiger charge is 2.22. The Labute approximate surface area is 150 Å². The highest BCUT2D eigenvalue weighted by Crippen LogP contribution is 2.27.